The predicted molar refractivity (Wildman–Crippen MR) is 74.2 cm³/mol. The first-order chi connectivity index (χ1) is 9.00. The monoisotopic (exact) mass is 259 g/mol. The van der Waals surface area contributed by atoms with E-state index in [1.807, 2.05) is 30.3 Å². The van der Waals surface area contributed by atoms with Crippen LogP contribution in [0.3, 0.4) is 0 Å². The lowest BCUT2D eigenvalue weighted by Gasteiger charge is -2.22. The summed E-state index contributed by atoms with van der Waals surface area (Å²) in [5.74, 6) is -0.676. The number of nitrogens with zero attached hydrogens (tertiary/aromatic N) is 1. The summed E-state index contributed by atoms with van der Waals surface area (Å²) in [6, 6.07) is 10.7. The third-order valence-corrected chi connectivity index (χ3v) is 3.44. The van der Waals surface area contributed by atoms with Gasteiger partial charge in [-0.3, -0.25) is 9.69 Å². The molecule has 19 heavy (non-hydrogen) atoms. The quantitative estimate of drug-likeness (QED) is 0.885. The maximum atomic E-state index is 11.0. The predicted octanol–water partition coefficient (Wildman–Crippen LogP) is 2.45. The van der Waals surface area contributed by atoms with Crippen LogP contribution in [0.25, 0.3) is 10.8 Å². The number of rotatable bonds is 4. The number of carboxylic acids is 1. The van der Waals surface area contributed by atoms with E-state index >= 15 is 0 Å². The van der Waals surface area contributed by atoms with Gasteiger partial charge in [0.25, 0.3) is 0 Å². The number of carboxylic acid groups (broad SMARTS) is 1. The second-order valence-corrected chi connectivity index (χ2v) is 4.71. The van der Waals surface area contributed by atoms with Crippen molar-refractivity contribution in [3.63, 3.8) is 0 Å². The van der Waals surface area contributed by atoms with Crippen LogP contribution in [0.4, 0.5) is 0 Å². The maximum Gasteiger partial charge on any atom is 0.320 e. The number of hydrogen-bond donors (Lipinski definition) is 2. The van der Waals surface area contributed by atoms with Gasteiger partial charge in [0.15, 0.2) is 0 Å². The Bertz CT molecular complexity index is 609. The highest BCUT2D eigenvalue weighted by Gasteiger charge is 2.18. The Morgan fingerprint density at radius 2 is 1.95 bits per heavy atom. The number of benzene rings is 2. The summed E-state index contributed by atoms with van der Waals surface area (Å²) in [4.78, 5) is 12.7. The molecule has 2 aromatic rings. The lowest BCUT2D eigenvalue weighted by Crippen LogP contribution is -2.35. The van der Waals surface area contributed by atoms with Crippen LogP contribution in [0.5, 0.6) is 5.75 Å². The van der Waals surface area contributed by atoms with Gasteiger partial charge in [-0.2, -0.15) is 0 Å². The van der Waals surface area contributed by atoms with Gasteiger partial charge in [-0.1, -0.05) is 30.3 Å². The molecule has 0 aliphatic rings. The smallest absolute Gasteiger partial charge is 0.320 e. The van der Waals surface area contributed by atoms with Crippen molar-refractivity contribution in [2.75, 3.05) is 7.05 Å². The second kappa shape index (κ2) is 5.28. The molecular weight excluding hydrogens is 242 g/mol. The van der Waals surface area contributed by atoms with Crippen molar-refractivity contribution in [3.8, 4) is 5.75 Å². The van der Waals surface area contributed by atoms with Gasteiger partial charge in [0.1, 0.15) is 11.8 Å². The molecule has 0 aliphatic carbocycles. The van der Waals surface area contributed by atoms with Crippen LogP contribution in [-0.4, -0.2) is 34.2 Å². The van der Waals surface area contributed by atoms with Crippen molar-refractivity contribution in [3.05, 3.63) is 42.0 Å². The Hall–Kier alpha value is -2.07. The molecule has 0 amide bonds. The highest BCUT2D eigenvalue weighted by atomic mass is 16.4. The van der Waals surface area contributed by atoms with Gasteiger partial charge in [0, 0.05) is 12.1 Å². The molecule has 100 valence electrons. The third-order valence-electron chi connectivity index (χ3n) is 3.44. The van der Waals surface area contributed by atoms with Crippen molar-refractivity contribution < 1.29 is 15.0 Å². The SMILES string of the molecule is CC(C(=O)O)N(C)Cc1c(O)ccc2ccccc12. The number of phenolic OH excluding ortho intramolecular Hbond substituents is 1. The Morgan fingerprint density at radius 3 is 2.63 bits per heavy atom. The van der Waals surface area contributed by atoms with Crippen LogP contribution in [0.15, 0.2) is 36.4 Å². The fourth-order valence-corrected chi connectivity index (χ4v) is 2.07. The average molecular weight is 259 g/mol. The normalized spacial score (nSPS) is 12.8. The van der Waals surface area contributed by atoms with E-state index in [9.17, 15) is 9.90 Å². The zero-order valence-corrected chi connectivity index (χ0v) is 11.0. The molecule has 0 saturated carbocycles. The summed E-state index contributed by atoms with van der Waals surface area (Å²) < 4.78 is 0. The number of fused-ring (bicyclic) bond motifs is 1. The highest BCUT2D eigenvalue weighted by molar-refractivity contribution is 5.87. The summed E-state index contributed by atoms with van der Waals surface area (Å²) in [6.45, 7) is 2.02. The van der Waals surface area contributed by atoms with E-state index < -0.39 is 12.0 Å². The van der Waals surface area contributed by atoms with E-state index in [0.29, 0.717) is 6.54 Å². The van der Waals surface area contributed by atoms with Gasteiger partial charge < -0.3 is 10.2 Å². The average Bonchev–Trinajstić information content (AvgIpc) is 2.40. The molecule has 0 spiro atoms. The first-order valence-corrected chi connectivity index (χ1v) is 6.13. The fourth-order valence-electron chi connectivity index (χ4n) is 2.07. The van der Waals surface area contributed by atoms with Crippen molar-refractivity contribution >= 4 is 16.7 Å². The zero-order valence-electron chi connectivity index (χ0n) is 11.0. The zero-order chi connectivity index (χ0) is 14.0. The lowest BCUT2D eigenvalue weighted by molar-refractivity contribution is -0.142. The maximum absolute atomic E-state index is 11.0. The third kappa shape index (κ3) is 2.69. The minimum Gasteiger partial charge on any atom is -0.508 e. The molecule has 0 radical (unpaired) electrons. The highest BCUT2D eigenvalue weighted by Crippen LogP contribution is 2.28. The Kier molecular flexibility index (Phi) is 3.71. The number of aromatic hydroxyl groups is 1. The first-order valence-electron chi connectivity index (χ1n) is 6.13. The molecule has 0 aromatic heterocycles. The van der Waals surface area contributed by atoms with Gasteiger partial charge in [-0.15, -0.1) is 0 Å². The molecular formula is C15H17NO3. The van der Waals surface area contributed by atoms with Crippen molar-refractivity contribution in [2.45, 2.75) is 19.5 Å². The molecule has 4 heteroatoms. The topological polar surface area (TPSA) is 60.8 Å². The molecule has 1 atom stereocenters. The molecule has 2 rings (SSSR count). The Labute approximate surface area is 111 Å². The number of aliphatic carboxylic acids is 1. The van der Waals surface area contributed by atoms with Crippen LogP contribution >= 0.6 is 0 Å². The number of likely N-dealkylation sites (N-methyl/N-ethyl adjacent to an activating group) is 1. The Balaban J connectivity index is 2.39. The fraction of sp³-hybridized carbons (Fsp3) is 0.267. The van der Waals surface area contributed by atoms with Crippen LogP contribution in [-0.2, 0) is 11.3 Å². The number of carbonyl (C=O) groups is 1. The Morgan fingerprint density at radius 1 is 1.26 bits per heavy atom. The first kappa shape index (κ1) is 13.4. The molecule has 2 N–H and O–H groups in total. The van der Waals surface area contributed by atoms with Crippen molar-refractivity contribution in [2.24, 2.45) is 0 Å². The molecule has 0 bridgehead atoms. The van der Waals surface area contributed by atoms with E-state index in [1.54, 1.807) is 24.9 Å². The van der Waals surface area contributed by atoms with Crippen molar-refractivity contribution in [1.29, 1.82) is 0 Å². The van der Waals surface area contributed by atoms with E-state index in [4.69, 9.17) is 5.11 Å². The summed E-state index contributed by atoms with van der Waals surface area (Å²) in [5.41, 5.74) is 0.758. The molecule has 0 heterocycles. The molecule has 0 saturated heterocycles. The number of hydrogen-bond acceptors (Lipinski definition) is 3. The van der Waals surface area contributed by atoms with E-state index in [2.05, 4.69) is 0 Å². The minimum absolute atomic E-state index is 0.197. The van der Waals surface area contributed by atoms with E-state index in [1.165, 1.54) is 0 Å². The molecule has 0 fully saturated rings. The van der Waals surface area contributed by atoms with Crippen LogP contribution in [0.1, 0.15) is 12.5 Å². The summed E-state index contributed by atoms with van der Waals surface area (Å²) in [6.07, 6.45) is 0. The number of phenols is 1. The van der Waals surface area contributed by atoms with Gasteiger partial charge in [-0.25, -0.2) is 0 Å². The van der Waals surface area contributed by atoms with Gasteiger partial charge in [0.05, 0.1) is 0 Å². The molecule has 2 aromatic carbocycles. The van der Waals surface area contributed by atoms with Gasteiger partial charge in [0.2, 0.25) is 0 Å². The van der Waals surface area contributed by atoms with Crippen LogP contribution in [0.2, 0.25) is 0 Å². The van der Waals surface area contributed by atoms with E-state index in [0.717, 1.165) is 16.3 Å². The minimum atomic E-state index is -0.873. The summed E-state index contributed by atoms with van der Waals surface area (Å²) >= 11 is 0. The van der Waals surface area contributed by atoms with Gasteiger partial charge in [-0.05, 0) is 30.8 Å². The molecule has 4 nitrogen and oxygen atoms in total. The largest absolute Gasteiger partial charge is 0.508 e. The van der Waals surface area contributed by atoms with Crippen LogP contribution < -0.4 is 0 Å². The standard InChI is InChI=1S/C15H17NO3/c1-10(15(18)19)16(2)9-13-12-6-4-3-5-11(12)7-8-14(13)17/h3-8,10,17H,9H2,1-2H3,(H,18,19). The van der Waals surface area contributed by atoms with E-state index in [-0.39, 0.29) is 5.75 Å². The van der Waals surface area contributed by atoms with Gasteiger partial charge >= 0.3 is 5.97 Å². The summed E-state index contributed by atoms with van der Waals surface area (Å²) in [7, 11) is 1.74. The molecule has 1 unspecified atom stereocenters. The summed E-state index contributed by atoms with van der Waals surface area (Å²) in [5, 5.41) is 21.0. The molecule has 0 aliphatic heterocycles. The van der Waals surface area contributed by atoms with Crippen molar-refractivity contribution in [1.82, 2.24) is 4.90 Å². The lowest BCUT2D eigenvalue weighted by atomic mass is 10.0. The second-order valence-electron chi connectivity index (χ2n) is 4.71. The van der Waals surface area contributed by atoms with Crippen LogP contribution in [0, 0.1) is 0 Å².